The molecular formula is C20H13FN2. The number of rotatable bonds is 1. The molecule has 3 heteroatoms. The lowest BCUT2D eigenvalue weighted by Gasteiger charge is -2.13. The second-order valence-electron chi connectivity index (χ2n) is 5.73. The maximum atomic E-state index is 13.3. The van der Waals surface area contributed by atoms with E-state index in [9.17, 15) is 9.65 Å². The van der Waals surface area contributed by atoms with E-state index in [-0.39, 0.29) is 5.82 Å². The Bertz CT molecular complexity index is 966. The summed E-state index contributed by atoms with van der Waals surface area (Å²) in [5.74, 6) is -0.280. The summed E-state index contributed by atoms with van der Waals surface area (Å²) in [6.45, 7) is 1.85. The average Bonchev–Trinajstić information content (AvgIpc) is 2.93. The van der Waals surface area contributed by atoms with E-state index < -0.39 is 0 Å². The van der Waals surface area contributed by atoms with E-state index in [1.807, 2.05) is 19.1 Å². The molecule has 2 nitrogen and oxygen atoms in total. The van der Waals surface area contributed by atoms with Gasteiger partial charge in [0, 0.05) is 17.5 Å². The number of pyridine rings is 1. The second kappa shape index (κ2) is 5.03. The first-order valence-corrected chi connectivity index (χ1v) is 7.47. The van der Waals surface area contributed by atoms with Crippen LogP contribution in [0.3, 0.4) is 0 Å². The maximum absolute atomic E-state index is 13.3. The van der Waals surface area contributed by atoms with Gasteiger partial charge in [-0.3, -0.25) is 4.98 Å². The molecule has 0 N–H and O–H groups in total. The van der Waals surface area contributed by atoms with Crippen molar-refractivity contribution in [2.45, 2.75) is 13.3 Å². The van der Waals surface area contributed by atoms with Crippen LogP contribution >= 0.6 is 0 Å². The number of hydrogen-bond acceptors (Lipinski definition) is 2. The van der Waals surface area contributed by atoms with E-state index in [1.54, 1.807) is 12.1 Å². The van der Waals surface area contributed by atoms with Crippen LogP contribution in [0, 0.1) is 24.1 Å². The molecule has 0 bridgehead atoms. The van der Waals surface area contributed by atoms with Gasteiger partial charge in [0.1, 0.15) is 11.9 Å². The predicted octanol–water partition coefficient (Wildman–Crippen LogP) is 4.64. The number of halogens is 1. The number of benzene rings is 2. The van der Waals surface area contributed by atoms with Gasteiger partial charge in [0.05, 0.1) is 17.0 Å². The monoisotopic (exact) mass is 300 g/mol. The third-order valence-electron chi connectivity index (χ3n) is 4.36. The fourth-order valence-electron chi connectivity index (χ4n) is 3.30. The van der Waals surface area contributed by atoms with Crippen molar-refractivity contribution >= 4 is 0 Å². The minimum Gasteiger partial charge on any atom is -0.251 e. The molecule has 0 amide bonds. The van der Waals surface area contributed by atoms with Gasteiger partial charge >= 0.3 is 0 Å². The highest BCUT2D eigenvalue weighted by Gasteiger charge is 2.26. The summed E-state index contributed by atoms with van der Waals surface area (Å²) in [7, 11) is 0. The van der Waals surface area contributed by atoms with Gasteiger partial charge in [-0.1, -0.05) is 36.4 Å². The molecule has 0 saturated heterocycles. The van der Waals surface area contributed by atoms with Gasteiger partial charge in [-0.2, -0.15) is 5.26 Å². The Morgan fingerprint density at radius 3 is 2.57 bits per heavy atom. The van der Waals surface area contributed by atoms with Crippen LogP contribution in [-0.2, 0) is 6.42 Å². The maximum Gasteiger partial charge on any atom is 0.123 e. The summed E-state index contributed by atoms with van der Waals surface area (Å²) in [4.78, 5) is 4.67. The van der Waals surface area contributed by atoms with E-state index in [4.69, 9.17) is 0 Å². The van der Waals surface area contributed by atoms with Crippen LogP contribution in [0.5, 0.6) is 0 Å². The Morgan fingerprint density at radius 1 is 1.09 bits per heavy atom. The summed E-state index contributed by atoms with van der Waals surface area (Å²) in [6, 6.07) is 16.8. The molecule has 1 aromatic heterocycles. The molecule has 1 heterocycles. The van der Waals surface area contributed by atoms with Crippen molar-refractivity contribution < 1.29 is 4.39 Å². The quantitative estimate of drug-likeness (QED) is 0.513. The van der Waals surface area contributed by atoms with Gasteiger partial charge in [0.25, 0.3) is 0 Å². The zero-order valence-corrected chi connectivity index (χ0v) is 12.6. The summed E-state index contributed by atoms with van der Waals surface area (Å²) in [5.41, 5.74) is 7.36. The number of nitriles is 1. The van der Waals surface area contributed by atoms with E-state index in [1.165, 1.54) is 17.7 Å². The Morgan fingerprint density at radius 2 is 1.83 bits per heavy atom. The Labute approximate surface area is 133 Å². The predicted molar refractivity (Wildman–Crippen MR) is 87.3 cm³/mol. The lowest BCUT2D eigenvalue weighted by molar-refractivity contribution is 0.628. The fraction of sp³-hybridized carbons (Fsp3) is 0.100. The number of nitrogens with zero attached hydrogens (tertiary/aromatic N) is 2. The molecule has 1 aliphatic carbocycles. The number of aromatic nitrogens is 1. The Balaban J connectivity index is 2.05. The third kappa shape index (κ3) is 2.03. The van der Waals surface area contributed by atoms with Crippen LogP contribution in [0.2, 0.25) is 0 Å². The molecule has 1 aliphatic rings. The van der Waals surface area contributed by atoms with Crippen LogP contribution in [0.4, 0.5) is 4.39 Å². The lowest BCUT2D eigenvalue weighted by atomic mass is 9.93. The van der Waals surface area contributed by atoms with Crippen molar-refractivity contribution in [3.63, 3.8) is 0 Å². The van der Waals surface area contributed by atoms with E-state index in [0.717, 1.165) is 34.4 Å². The molecule has 3 aromatic rings. The highest BCUT2D eigenvalue weighted by molar-refractivity contribution is 5.86. The highest BCUT2D eigenvalue weighted by atomic mass is 19.1. The minimum atomic E-state index is -0.280. The first-order chi connectivity index (χ1) is 11.2. The molecule has 0 spiro atoms. The molecule has 0 unspecified atom stereocenters. The molecule has 0 fully saturated rings. The summed E-state index contributed by atoms with van der Waals surface area (Å²) < 4.78 is 13.3. The van der Waals surface area contributed by atoms with Crippen molar-refractivity contribution in [1.29, 1.82) is 5.26 Å². The molecule has 0 atom stereocenters. The molecular weight excluding hydrogens is 287 g/mol. The third-order valence-corrected chi connectivity index (χ3v) is 4.36. The molecule has 0 saturated carbocycles. The van der Waals surface area contributed by atoms with Gasteiger partial charge in [-0.25, -0.2) is 4.39 Å². The van der Waals surface area contributed by atoms with Crippen LogP contribution in [-0.4, -0.2) is 4.98 Å². The molecule has 4 rings (SSSR count). The van der Waals surface area contributed by atoms with Gasteiger partial charge in [0.15, 0.2) is 0 Å². The van der Waals surface area contributed by atoms with Gasteiger partial charge < -0.3 is 0 Å². The Kier molecular flexibility index (Phi) is 2.99. The zero-order valence-electron chi connectivity index (χ0n) is 12.6. The summed E-state index contributed by atoms with van der Waals surface area (Å²) >= 11 is 0. The number of fused-ring (bicyclic) bond motifs is 3. The van der Waals surface area contributed by atoms with Crippen molar-refractivity contribution in [3.8, 4) is 28.5 Å². The van der Waals surface area contributed by atoms with Gasteiger partial charge in [-0.15, -0.1) is 0 Å². The highest BCUT2D eigenvalue weighted by Crippen LogP contribution is 2.42. The van der Waals surface area contributed by atoms with Gasteiger partial charge in [0.2, 0.25) is 0 Å². The largest absolute Gasteiger partial charge is 0.251 e. The normalized spacial score (nSPS) is 11.7. The molecule has 0 radical (unpaired) electrons. The minimum absolute atomic E-state index is 0.280. The van der Waals surface area contributed by atoms with Crippen molar-refractivity contribution in [2.75, 3.05) is 0 Å². The van der Waals surface area contributed by atoms with E-state index in [2.05, 4.69) is 23.2 Å². The summed E-state index contributed by atoms with van der Waals surface area (Å²) in [6.07, 6.45) is 0.750. The first-order valence-electron chi connectivity index (χ1n) is 7.47. The van der Waals surface area contributed by atoms with Crippen molar-refractivity contribution in [2.24, 2.45) is 0 Å². The average molecular weight is 300 g/mol. The van der Waals surface area contributed by atoms with Crippen LogP contribution in [0.1, 0.15) is 22.4 Å². The molecule has 2 aromatic carbocycles. The fourth-order valence-corrected chi connectivity index (χ4v) is 3.30. The second-order valence-corrected chi connectivity index (χ2v) is 5.73. The molecule has 0 aliphatic heterocycles. The van der Waals surface area contributed by atoms with Crippen molar-refractivity contribution in [3.05, 3.63) is 76.7 Å². The SMILES string of the molecule is Cc1nc2c(c(-c3ccc(F)cc3)c1C#N)Cc1ccccc1-2. The van der Waals surface area contributed by atoms with Crippen molar-refractivity contribution in [1.82, 2.24) is 4.98 Å². The molecule has 110 valence electrons. The summed E-state index contributed by atoms with van der Waals surface area (Å²) in [5, 5.41) is 9.60. The topological polar surface area (TPSA) is 36.7 Å². The number of aryl methyl sites for hydroxylation is 1. The van der Waals surface area contributed by atoms with Crippen LogP contribution in [0.15, 0.2) is 48.5 Å². The van der Waals surface area contributed by atoms with Crippen LogP contribution in [0.25, 0.3) is 22.4 Å². The zero-order chi connectivity index (χ0) is 16.0. The molecule has 23 heavy (non-hydrogen) atoms. The first kappa shape index (κ1) is 13.7. The Hall–Kier alpha value is -2.99. The van der Waals surface area contributed by atoms with Crippen LogP contribution < -0.4 is 0 Å². The standard InChI is InChI=1S/C20H13FN2/c1-12-18(11-22)19(13-6-8-15(21)9-7-13)17-10-14-4-2-3-5-16(14)20(17)23-12/h2-9H,10H2,1H3. The van der Waals surface area contributed by atoms with E-state index >= 15 is 0 Å². The van der Waals surface area contributed by atoms with E-state index in [0.29, 0.717) is 11.3 Å². The lowest BCUT2D eigenvalue weighted by Crippen LogP contribution is -1.99. The van der Waals surface area contributed by atoms with Gasteiger partial charge in [-0.05, 0) is 35.7 Å². The number of hydrogen-bond donors (Lipinski definition) is 0. The smallest absolute Gasteiger partial charge is 0.123 e.